The molecule has 0 bridgehead atoms. The molecule has 1 aliphatic heterocycles. The Bertz CT molecular complexity index is 647. The number of aliphatic hydroxyl groups is 1. The second kappa shape index (κ2) is 7.03. The Morgan fingerprint density at radius 2 is 1.96 bits per heavy atom. The van der Waals surface area contributed by atoms with Crippen LogP contribution in [0.5, 0.6) is 0 Å². The monoisotopic (exact) mass is 342 g/mol. The van der Waals surface area contributed by atoms with Crippen molar-refractivity contribution < 1.29 is 9.50 Å². The molecule has 7 heteroatoms. The molecule has 1 fully saturated rings. The summed E-state index contributed by atoms with van der Waals surface area (Å²) in [5.74, 6) is 0.649. The second-order valence-electron chi connectivity index (χ2n) is 6.63. The van der Waals surface area contributed by atoms with Crippen molar-refractivity contribution in [3.05, 3.63) is 24.0 Å². The highest BCUT2D eigenvalue weighted by atomic mass is 35.5. The summed E-state index contributed by atoms with van der Waals surface area (Å²) >= 11 is 0. The van der Waals surface area contributed by atoms with Crippen LogP contribution in [0.15, 0.2) is 18.2 Å². The van der Waals surface area contributed by atoms with Crippen molar-refractivity contribution in [3.8, 4) is 0 Å². The SMILES string of the molecule is CC(C)(O)CCN1CCN(c2n[nH]c3cc(F)ccc23)CC1.Cl. The number of rotatable bonds is 4. The van der Waals surface area contributed by atoms with E-state index >= 15 is 0 Å². The summed E-state index contributed by atoms with van der Waals surface area (Å²) in [5.41, 5.74) is 0.124. The van der Waals surface area contributed by atoms with Gasteiger partial charge in [0.05, 0.1) is 11.1 Å². The first-order valence-electron chi connectivity index (χ1n) is 7.76. The first-order chi connectivity index (χ1) is 10.4. The molecule has 0 amide bonds. The molecule has 0 radical (unpaired) electrons. The van der Waals surface area contributed by atoms with E-state index in [4.69, 9.17) is 0 Å². The zero-order chi connectivity index (χ0) is 15.7. The number of nitrogens with zero attached hydrogens (tertiary/aromatic N) is 3. The third-order valence-electron chi connectivity index (χ3n) is 4.22. The van der Waals surface area contributed by atoms with Crippen molar-refractivity contribution in [3.63, 3.8) is 0 Å². The van der Waals surface area contributed by atoms with Gasteiger partial charge in [-0.05, 0) is 38.5 Å². The molecule has 1 aliphatic rings. The predicted molar refractivity (Wildman–Crippen MR) is 92.9 cm³/mol. The van der Waals surface area contributed by atoms with Crippen LogP contribution in [0, 0.1) is 5.82 Å². The van der Waals surface area contributed by atoms with Gasteiger partial charge in [0.25, 0.3) is 0 Å². The molecule has 2 aromatic rings. The quantitative estimate of drug-likeness (QED) is 0.896. The van der Waals surface area contributed by atoms with E-state index < -0.39 is 5.60 Å². The van der Waals surface area contributed by atoms with Crippen LogP contribution in [0.4, 0.5) is 10.2 Å². The van der Waals surface area contributed by atoms with E-state index in [-0.39, 0.29) is 18.2 Å². The normalized spacial score (nSPS) is 16.6. The molecule has 5 nitrogen and oxygen atoms in total. The standard InChI is InChI=1S/C16H23FN4O.ClH/c1-16(2,22)5-6-20-7-9-21(10-8-20)15-13-4-3-12(17)11-14(13)18-19-15;/h3-4,11,22H,5-10H2,1-2H3,(H,18,19);1H. The number of H-pyrrole nitrogens is 1. The fourth-order valence-corrected chi connectivity index (χ4v) is 2.83. The van der Waals surface area contributed by atoms with Gasteiger partial charge in [0.15, 0.2) is 5.82 Å². The minimum absolute atomic E-state index is 0. The smallest absolute Gasteiger partial charge is 0.158 e. The summed E-state index contributed by atoms with van der Waals surface area (Å²) in [5, 5.41) is 18.0. The van der Waals surface area contributed by atoms with E-state index in [1.165, 1.54) is 12.1 Å². The Balaban J connectivity index is 0.00000192. The number of benzene rings is 1. The molecule has 1 aromatic carbocycles. The number of aromatic amines is 1. The van der Waals surface area contributed by atoms with Gasteiger partial charge in [-0.3, -0.25) is 10.00 Å². The van der Waals surface area contributed by atoms with Crippen molar-refractivity contribution in [1.82, 2.24) is 15.1 Å². The third kappa shape index (κ3) is 4.34. The van der Waals surface area contributed by atoms with Gasteiger partial charge in [0, 0.05) is 38.1 Å². The number of hydrogen-bond donors (Lipinski definition) is 2. The fourth-order valence-electron chi connectivity index (χ4n) is 2.83. The van der Waals surface area contributed by atoms with Gasteiger partial charge in [-0.25, -0.2) is 4.39 Å². The lowest BCUT2D eigenvalue weighted by molar-refractivity contribution is 0.0569. The number of nitrogens with one attached hydrogen (secondary N) is 1. The molecule has 0 aliphatic carbocycles. The van der Waals surface area contributed by atoms with Crippen molar-refractivity contribution >= 4 is 29.1 Å². The molecule has 0 atom stereocenters. The van der Waals surface area contributed by atoms with Gasteiger partial charge in [-0.2, -0.15) is 5.10 Å². The average molecular weight is 343 g/mol. The molecule has 3 rings (SSSR count). The minimum Gasteiger partial charge on any atom is -0.390 e. The van der Waals surface area contributed by atoms with Crippen LogP contribution < -0.4 is 4.90 Å². The summed E-state index contributed by atoms with van der Waals surface area (Å²) in [6.07, 6.45) is 0.775. The number of halogens is 2. The minimum atomic E-state index is -0.612. The highest BCUT2D eigenvalue weighted by Gasteiger charge is 2.22. The first kappa shape index (κ1) is 18.0. The number of hydrogen-bond acceptors (Lipinski definition) is 4. The molecule has 2 N–H and O–H groups in total. The molecule has 128 valence electrons. The summed E-state index contributed by atoms with van der Waals surface area (Å²) in [6.45, 7) is 8.28. The van der Waals surface area contributed by atoms with E-state index in [1.54, 1.807) is 6.07 Å². The highest BCUT2D eigenvalue weighted by Crippen LogP contribution is 2.25. The molecule has 1 saturated heterocycles. The molecule has 0 saturated carbocycles. The van der Waals surface area contributed by atoms with Crippen LogP contribution >= 0.6 is 12.4 Å². The lowest BCUT2D eigenvalue weighted by atomic mass is 10.1. The van der Waals surface area contributed by atoms with Crippen molar-refractivity contribution in [1.29, 1.82) is 0 Å². The van der Waals surface area contributed by atoms with Crippen LogP contribution in [0.25, 0.3) is 10.9 Å². The van der Waals surface area contributed by atoms with E-state index in [9.17, 15) is 9.50 Å². The van der Waals surface area contributed by atoms with E-state index in [1.807, 2.05) is 13.8 Å². The molecule has 0 spiro atoms. The summed E-state index contributed by atoms with van der Waals surface area (Å²) in [4.78, 5) is 4.60. The molecule has 1 aromatic heterocycles. The van der Waals surface area contributed by atoms with Crippen molar-refractivity contribution in [2.45, 2.75) is 25.9 Å². The number of piperazine rings is 1. The second-order valence-corrected chi connectivity index (χ2v) is 6.63. The van der Waals surface area contributed by atoms with Crippen LogP contribution in [0.2, 0.25) is 0 Å². The van der Waals surface area contributed by atoms with Crippen LogP contribution in [-0.2, 0) is 0 Å². The van der Waals surface area contributed by atoms with Gasteiger partial charge in [0.2, 0.25) is 0 Å². The van der Waals surface area contributed by atoms with Crippen molar-refractivity contribution in [2.75, 3.05) is 37.6 Å². The molecular weight excluding hydrogens is 319 g/mol. The maximum absolute atomic E-state index is 13.2. The zero-order valence-corrected chi connectivity index (χ0v) is 14.4. The third-order valence-corrected chi connectivity index (χ3v) is 4.22. The van der Waals surface area contributed by atoms with Gasteiger partial charge in [0.1, 0.15) is 5.82 Å². The predicted octanol–water partition coefficient (Wildman–Crippen LogP) is 2.41. The fraction of sp³-hybridized carbons (Fsp3) is 0.562. The molecule has 0 unspecified atom stereocenters. The lowest BCUT2D eigenvalue weighted by Crippen LogP contribution is -2.47. The molecule has 2 heterocycles. The van der Waals surface area contributed by atoms with E-state index in [2.05, 4.69) is 20.0 Å². The first-order valence-corrected chi connectivity index (χ1v) is 7.76. The van der Waals surface area contributed by atoms with Gasteiger partial charge in [-0.15, -0.1) is 12.4 Å². The average Bonchev–Trinajstić information content (AvgIpc) is 2.88. The largest absolute Gasteiger partial charge is 0.390 e. The topological polar surface area (TPSA) is 55.4 Å². The Morgan fingerprint density at radius 1 is 1.26 bits per heavy atom. The molecular formula is C16H24ClFN4O. The van der Waals surface area contributed by atoms with Crippen LogP contribution in [0.1, 0.15) is 20.3 Å². The van der Waals surface area contributed by atoms with Gasteiger partial charge < -0.3 is 10.0 Å². The number of anilines is 1. The summed E-state index contributed by atoms with van der Waals surface area (Å²) in [7, 11) is 0. The number of aromatic nitrogens is 2. The van der Waals surface area contributed by atoms with Gasteiger partial charge >= 0.3 is 0 Å². The Labute approximate surface area is 141 Å². The lowest BCUT2D eigenvalue weighted by Gasteiger charge is -2.36. The maximum atomic E-state index is 13.2. The Hall–Kier alpha value is -1.37. The summed E-state index contributed by atoms with van der Waals surface area (Å²) in [6, 6.07) is 4.73. The van der Waals surface area contributed by atoms with Crippen LogP contribution in [0.3, 0.4) is 0 Å². The zero-order valence-electron chi connectivity index (χ0n) is 13.5. The Kier molecular flexibility index (Phi) is 5.49. The van der Waals surface area contributed by atoms with E-state index in [0.29, 0.717) is 0 Å². The summed E-state index contributed by atoms with van der Waals surface area (Å²) < 4.78 is 13.2. The van der Waals surface area contributed by atoms with E-state index in [0.717, 1.165) is 55.9 Å². The maximum Gasteiger partial charge on any atom is 0.158 e. The van der Waals surface area contributed by atoms with Crippen molar-refractivity contribution in [2.24, 2.45) is 0 Å². The molecule has 23 heavy (non-hydrogen) atoms. The van der Waals surface area contributed by atoms with Crippen LogP contribution in [-0.4, -0.2) is 58.5 Å². The Morgan fingerprint density at radius 3 is 2.61 bits per heavy atom. The van der Waals surface area contributed by atoms with Gasteiger partial charge in [-0.1, -0.05) is 0 Å². The number of fused-ring (bicyclic) bond motifs is 1. The highest BCUT2D eigenvalue weighted by molar-refractivity contribution is 5.90.